The molecule has 4 aromatic rings. The van der Waals surface area contributed by atoms with Crippen molar-refractivity contribution in [1.29, 1.82) is 0 Å². The summed E-state index contributed by atoms with van der Waals surface area (Å²) in [6, 6.07) is 20.4. The number of carbonyl (C=O) groups is 1. The standard InChI is InChI=1S/C26H25N3O4S/c1-17-8-10-18(11-9-17)15-29-25(31)20-6-4-5-7-21(20)28-26(29)34-16-24(30)27-22-14-19(32-2)12-13-23(22)33-3/h4-14H,15-16H2,1-3H3,(H,27,30). The lowest BCUT2D eigenvalue weighted by Crippen LogP contribution is -2.25. The topological polar surface area (TPSA) is 82.5 Å². The van der Waals surface area contributed by atoms with Gasteiger partial charge < -0.3 is 14.8 Å². The van der Waals surface area contributed by atoms with E-state index < -0.39 is 0 Å². The molecule has 0 unspecified atom stereocenters. The highest BCUT2D eigenvalue weighted by Crippen LogP contribution is 2.29. The largest absolute Gasteiger partial charge is 0.497 e. The van der Waals surface area contributed by atoms with Crippen LogP contribution in [-0.4, -0.2) is 35.4 Å². The number of amides is 1. The van der Waals surface area contributed by atoms with Crippen LogP contribution in [0.5, 0.6) is 11.5 Å². The summed E-state index contributed by atoms with van der Waals surface area (Å²) >= 11 is 1.22. The summed E-state index contributed by atoms with van der Waals surface area (Å²) < 4.78 is 12.2. The summed E-state index contributed by atoms with van der Waals surface area (Å²) in [6.07, 6.45) is 0. The molecule has 0 aliphatic carbocycles. The van der Waals surface area contributed by atoms with Crippen molar-refractivity contribution >= 4 is 34.3 Å². The van der Waals surface area contributed by atoms with Gasteiger partial charge in [-0.1, -0.05) is 53.7 Å². The van der Waals surface area contributed by atoms with E-state index in [4.69, 9.17) is 14.5 Å². The molecule has 8 heteroatoms. The number of carbonyl (C=O) groups excluding carboxylic acids is 1. The third-order valence-electron chi connectivity index (χ3n) is 5.30. The minimum Gasteiger partial charge on any atom is -0.497 e. The highest BCUT2D eigenvalue weighted by Gasteiger charge is 2.15. The van der Waals surface area contributed by atoms with Crippen LogP contribution in [0.15, 0.2) is 76.7 Å². The highest BCUT2D eigenvalue weighted by molar-refractivity contribution is 7.99. The zero-order valence-electron chi connectivity index (χ0n) is 19.2. The van der Waals surface area contributed by atoms with E-state index in [1.807, 2.05) is 43.3 Å². The molecule has 0 saturated heterocycles. The number of hydrogen-bond acceptors (Lipinski definition) is 6. The number of hydrogen-bond donors (Lipinski definition) is 1. The molecular formula is C26H25N3O4S. The maximum absolute atomic E-state index is 13.3. The van der Waals surface area contributed by atoms with Crippen molar-refractivity contribution in [3.63, 3.8) is 0 Å². The van der Waals surface area contributed by atoms with Crippen LogP contribution in [0.25, 0.3) is 10.9 Å². The molecule has 4 rings (SSSR count). The molecule has 0 spiro atoms. The van der Waals surface area contributed by atoms with E-state index in [0.717, 1.165) is 11.1 Å². The van der Waals surface area contributed by atoms with Crippen LogP contribution in [0.2, 0.25) is 0 Å². The molecule has 0 fully saturated rings. The third kappa shape index (κ3) is 5.23. The second kappa shape index (κ2) is 10.4. The first-order valence-corrected chi connectivity index (χ1v) is 11.7. The van der Waals surface area contributed by atoms with E-state index in [1.54, 1.807) is 42.0 Å². The van der Waals surface area contributed by atoms with E-state index >= 15 is 0 Å². The first-order chi connectivity index (χ1) is 16.5. The quantitative estimate of drug-likeness (QED) is 0.298. The van der Waals surface area contributed by atoms with E-state index in [9.17, 15) is 9.59 Å². The second-order valence-electron chi connectivity index (χ2n) is 7.69. The summed E-state index contributed by atoms with van der Waals surface area (Å²) in [5, 5.41) is 3.88. The summed E-state index contributed by atoms with van der Waals surface area (Å²) in [6.45, 7) is 2.38. The fourth-order valence-corrected chi connectivity index (χ4v) is 4.30. The Hall–Kier alpha value is -3.78. The maximum Gasteiger partial charge on any atom is 0.262 e. The lowest BCUT2D eigenvalue weighted by Gasteiger charge is -2.14. The number of aryl methyl sites for hydroxylation is 1. The Kier molecular flexibility index (Phi) is 7.18. The van der Waals surface area contributed by atoms with Crippen molar-refractivity contribution in [3.8, 4) is 11.5 Å². The van der Waals surface area contributed by atoms with Crippen LogP contribution in [0.4, 0.5) is 5.69 Å². The number of methoxy groups -OCH3 is 2. The van der Waals surface area contributed by atoms with Gasteiger partial charge in [0.15, 0.2) is 5.16 Å². The molecule has 1 heterocycles. The molecule has 174 valence electrons. The number of para-hydroxylation sites is 1. The van der Waals surface area contributed by atoms with Gasteiger partial charge in [-0.25, -0.2) is 4.98 Å². The normalized spacial score (nSPS) is 10.8. The maximum atomic E-state index is 13.3. The van der Waals surface area contributed by atoms with E-state index in [1.165, 1.54) is 18.9 Å². The molecule has 1 aromatic heterocycles. The summed E-state index contributed by atoms with van der Waals surface area (Å²) in [5.74, 6) is 0.950. The number of fused-ring (bicyclic) bond motifs is 1. The van der Waals surface area contributed by atoms with Crippen LogP contribution >= 0.6 is 11.8 Å². The van der Waals surface area contributed by atoms with Gasteiger partial charge in [-0.15, -0.1) is 0 Å². The molecule has 3 aromatic carbocycles. The zero-order valence-corrected chi connectivity index (χ0v) is 20.0. The van der Waals surface area contributed by atoms with Crippen molar-refractivity contribution in [3.05, 3.63) is 88.2 Å². The lowest BCUT2D eigenvalue weighted by molar-refractivity contribution is -0.113. The third-order valence-corrected chi connectivity index (χ3v) is 6.28. The number of ether oxygens (including phenoxy) is 2. The van der Waals surface area contributed by atoms with Crippen molar-refractivity contribution in [2.75, 3.05) is 25.3 Å². The number of anilines is 1. The van der Waals surface area contributed by atoms with E-state index in [0.29, 0.717) is 39.8 Å². The number of thioether (sulfide) groups is 1. The summed E-state index contributed by atoms with van der Waals surface area (Å²) in [4.78, 5) is 30.7. The molecule has 0 radical (unpaired) electrons. The van der Waals surface area contributed by atoms with E-state index in [2.05, 4.69) is 5.32 Å². The molecule has 7 nitrogen and oxygen atoms in total. The Labute approximate surface area is 201 Å². The fourth-order valence-electron chi connectivity index (χ4n) is 3.50. The fraction of sp³-hybridized carbons (Fsp3) is 0.192. The molecular weight excluding hydrogens is 450 g/mol. The summed E-state index contributed by atoms with van der Waals surface area (Å²) in [5.41, 5.74) is 3.11. The van der Waals surface area contributed by atoms with Crippen molar-refractivity contribution < 1.29 is 14.3 Å². The van der Waals surface area contributed by atoms with Gasteiger partial charge in [0, 0.05) is 6.07 Å². The first kappa shape index (κ1) is 23.4. The van der Waals surface area contributed by atoms with Crippen LogP contribution in [0, 0.1) is 6.92 Å². The van der Waals surface area contributed by atoms with Gasteiger partial charge >= 0.3 is 0 Å². The minimum atomic E-state index is -0.249. The lowest BCUT2D eigenvalue weighted by atomic mass is 10.1. The Morgan fingerprint density at radius 2 is 1.79 bits per heavy atom. The highest BCUT2D eigenvalue weighted by atomic mass is 32.2. The monoisotopic (exact) mass is 475 g/mol. The number of benzene rings is 3. The Morgan fingerprint density at radius 3 is 2.53 bits per heavy atom. The molecule has 34 heavy (non-hydrogen) atoms. The van der Waals surface area contributed by atoms with Crippen LogP contribution in [0.3, 0.4) is 0 Å². The molecule has 0 bridgehead atoms. The SMILES string of the molecule is COc1ccc(OC)c(NC(=O)CSc2nc3ccccc3c(=O)n2Cc2ccc(C)cc2)c1. The van der Waals surface area contributed by atoms with Crippen molar-refractivity contribution in [2.45, 2.75) is 18.6 Å². The smallest absolute Gasteiger partial charge is 0.262 e. The van der Waals surface area contributed by atoms with Crippen molar-refractivity contribution in [1.82, 2.24) is 9.55 Å². The molecule has 0 aliphatic rings. The van der Waals surface area contributed by atoms with Gasteiger partial charge in [-0.3, -0.25) is 14.2 Å². The van der Waals surface area contributed by atoms with Gasteiger partial charge in [0.2, 0.25) is 5.91 Å². The predicted molar refractivity (Wildman–Crippen MR) is 135 cm³/mol. The number of aromatic nitrogens is 2. The second-order valence-corrected chi connectivity index (χ2v) is 8.63. The molecule has 0 atom stereocenters. The van der Waals surface area contributed by atoms with E-state index in [-0.39, 0.29) is 17.2 Å². The molecule has 1 amide bonds. The first-order valence-electron chi connectivity index (χ1n) is 10.7. The summed E-state index contributed by atoms with van der Waals surface area (Å²) in [7, 11) is 3.09. The van der Waals surface area contributed by atoms with Crippen LogP contribution < -0.4 is 20.3 Å². The van der Waals surface area contributed by atoms with Gasteiger partial charge in [-0.2, -0.15) is 0 Å². The average Bonchev–Trinajstić information content (AvgIpc) is 2.86. The molecule has 1 N–H and O–H groups in total. The van der Waals surface area contributed by atoms with Crippen LogP contribution in [0.1, 0.15) is 11.1 Å². The number of rotatable bonds is 8. The van der Waals surface area contributed by atoms with Gasteiger partial charge in [0.05, 0.1) is 43.1 Å². The predicted octanol–water partition coefficient (Wildman–Crippen LogP) is 4.50. The molecule has 0 saturated carbocycles. The Balaban J connectivity index is 1.60. The number of nitrogens with one attached hydrogen (secondary N) is 1. The Bertz CT molecular complexity index is 1380. The van der Waals surface area contributed by atoms with Gasteiger partial charge in [0.1, 0.15) is 11.5 Å². The van der Waals surface area contributed by atoms with Gasteiger partial charge in [-0.05, 0) is 36.8 Å². The zero-order chi connectivity index (χ0) is 24.1. The minimum absolute atomic E-state index is 0.0685. The average molecular weight is 476 g/mol. The Morgan fingerprint density at radius 1 is 1.03 bits per heavy atom. The van der Waals surface area contributed by atoms with Crippen molar-refractivity contribution in [2.24, 2.45) is 0 Å². The van der Waals surface area contributed by atoms with Crippen LogP contribution in [-0.2, 0) is 11.3 Å². The molecule has 0 aliphatic heterocycles. The van der Waals surface area contributed by atoms with Gasteiger partial charge in [0.25, 0.3) is 5.56 Å². The number of nitrogens with zero attached hydrogens (tertiary/aromatic N) is 2.